The van der Waals surface area contributed by atoms with Crippen molar-refractivity contribution in [3.05, 3.63) is 177 Å². The first-order valence-electron chi connectivity index (χ1n) is 25.0. The minimum absolute atomic E-state index is 0.398. The zero-order valence-corrected chi connectivity index (χ0v) is 42.9. The average Bonchev–Trinajstić information content (AvgIpc) is 3.47. The summed E-state index contributed by atoms with van der Waals surface area (Å²) in [5.41, 5.74) is 15.8. The fraction of sp³-hybridized carbons (Fsp3) is 0.136. The summed E-state index contributed by atoms with van der Waals surface area (Å²) in [4.78, 5) is 28.3. The van der Waals surface area contributed by atoms with Gasteiger partial charge in [-0.05, 0) is 172 Å². The van der Waals surface area contributed by atoms with Crippen LogP contribution in [0.4, 0.5) is 0 Å². The molecular formula is C66H45N9. The second-order valence-corrected chi connectivity index (χ2v) is 20.3. The van der Waals surface area contributed by atoms with Crippen molar-refractivity contribution in [1.82, 2.24) is 29.9 Å². The topological polar surface area (TPSA) is 149 Å². The van der Waals surface area contributed by atoms with Crippen LogP contribution < -0.4 is 0 Å². The van der Waals surface area contributed by atoms with Gasteiger partial charge in [-0.2, -0.15) is 15.8 Å². The predicted octanol–water partition coefficient (Wildman–Crippen LogP) is 16.0. The third kappa shape index (κ3) is 6.46. The molecule has 0 fully saturated rings. The quantitative estimate of drug-likeness (QED) is 0.107. The largest absolute Gasteiger partial charge is 0.248 e. The molecule has 9 heteroatoms. The minimum atomic E-state index is 0.398. The summed E-state index contributed by atoms with van der Waals surface area (Å²) in [5, 5.41) is 49.6. The summed E-state index contributed by atoms with van der Waals surface area (Å²) in [5.74, 6) is 0. The van der Waals surface area contributed by atoms with E-state index in [4.69, 9.17) is 15.0 Å². The van der Waals surface area contributed by atoms with Crippen LogP contribution in [0, 0.1) is 96.3 Å². The summed E-state index contributed by atoms with van der Waals surface area (Å²) in [6, 6.07) is 45.3. The Balaban J connectivity index is 0.000000108. The van der Waals surface area contributed by atoms with Gasteiger partial charge in [-0.25, -0.2) is 29.9 Å². The van der Waals surface area contributed by atoms with E-state index in [0.717, 1.165) is 65.4 Å². The number of hydrogen-bond donors (Lipinski definition) is 0. The van der Waals surface area contributed by atoms with E-state index in [1.165, 1.54) is 98.0 Å². The molecule has 3 aromatic heterocycles. The molecule has 354 valence electrons. The van der Waals surface area contributed by atoms with Crippen molar-refractivity contribution in [3.8, 4) is 18.2 Å². The Labute approximate surface area is 431 Å². The molecule has 0 saturated heterocycles. The second kappa shape index (κ2) is 16.4. The van der Waals surface area contributed by atoms with Gasteiger partial charge in [0.1, 0.15) is 18.2 Å². The van der Waals surface area contributed by atoms with Crippen molar-refractivity contribution < 1.29 is 0 Å². The van der Waals surface area contributed by atoms with Gasteiger partial charge in [0.25, 0.3) is 0 Å². The zero-order valence-electron chi connectivity index (χ0n) is 42.9. The molecule has 0 radical (unpaired) electrons. The first kappa shape index (κ1) is 45.1. The molecule has 0 amide bonds. The van der Waals surface area contributed by atoms with E-state index in [1.807, 2.05) is 20.8 Å². The third-order valence-corrected chi connectivity index (χ3v) is 15.7. The van der Waals surface area contributed by atoms with Crippen molar-refractivity contribution in [2.24, 2.45) is 0 Å². The molecule has 12 aromatic carbocycles. The molecule has 0 aliphatic rings. The molecule has 15 rings (SSSR count). The number of nitrogens with zero attached hydrogens (tertiary/aromatic N) is 9. The number of hydrogen-bond acceptors (Lipinski definition) is 9. The lowest BCUT2D eigenvalue weighted by molar-refractivity contribution is 1.16. The molecule has 9 nitrogen and oxygen atoms in total. The minimum Gasteiger partial charge on any atom is -0.248 e. The molecule has 75 heavy (non-hydrogen) atoms. The van der Waals surface area contributed by atoms with Crippen LogP contribution in [-0.4, -0.2) is 29.9 Å². The maximum Gasteiger partial charge on any atom is 0.162 e. The number of aromatic nitrogens is 6. The average molecular weight is 964 g/mol. The lowest BCUT2D eigenvalue weighted by Crippen LogP contribution is -1.98. The summed E-state index contributed by atoms with van der Waals surface area (Å²) >= 11 is 0. The lowest BCUT2D eigenvalue weighted by Gasteiger charge is -2.18. The van der Waals surface area contributed by atoms with Crippen LogP contribution in [0.5, 0.6) is 0 Å². The van der Waals surface area contributed by atoms with Crippen molar-refractivity contribution in [1.29, 1.82) is 15.8 Å². The Bertz CT molecular complexity index is 5050. The first-order chi connectivity index (χ1) is 36.3. The van der Waals surface area contributed by atoms with Gasteiger partial charge in [0.05, 0.1) is 50.2 Å². The van der Waals surface area contributed by atoms with E-state index >= 15 is 0 Å². The van der Waals surface area contributed by atoms with Crippen LogP contribution in [0.15, 0.2) is 109 Å². The van der Waals surface area contributed by atoms with Crippen LogP contribution >= 0.6 is 0 Å². The highest BCUT2D eigenvalue weighted by molar-refractivity contribution is 6.35. The van der Waals surface area contributed by atoms with Gasteiger partial charge < -0.3 is 0 Å². The van der Waals surface area contributed by atoms with E-state index < -0.39 is 0 Å². The monoisotopic (exact) mass is 963 g/mol. The number of benzene rings is 12. The van der Waals surface area contributed by atoms with Gasteiger partial charge in [-0.1, -0.05) is 97.1 Å². The third-order valence-electron chi connectivity index (χ3n) is 15.7. The number of aryl methyl sites for hydroxylation is 9. The van der Waals surface area contributed by atoms with Crippen LogP contribution in [0.25, 0.3) is 130 Å². The highest BCUT2D eigenvalue weighted by Crippen LogP contribution is 2.45. The molecule has 0 atom stereocenters. The van der Waals surface area contributed by atoms with Crippen LogP contribution in [0.3, 0.4) is 0 Å². The van der Waals surface area contributed by atoms with Crippen LogP contribution in [0.2, 0.25) is 0 Å². The molecule has 0 aliphatic heterocycles. The van der Waals surface area contributed by atoms with E-state index in [0.29, 0.717) is 34.2 Å². The molecule has 0 saturated carbocycles. The predicted molar refractivity (Wildman–Crippen MR) is 307 cm³/mol. The summed E-state index contributed by atoms with van der Waals surface area (Å²) in [6.45, 7) is 18.4. The lowest BCUT2D eigenvalue weighted by atomic mass is 9.87. The molecule has 0 spiro atoms. The van der Waals surface area contributed by atoms with E-state index in [1.54, 1.807) is 0 Å². The van der Waals surface area contributed by atoms with Crippen molar-refractivity contribution in [3.63, 3.8) is 0 Å². The SMILES string of the molecule is Cc1cc2ccc3cc(C)cc4c5nc(C#N)c(C)nc5c(c1)c2c34.Cc1nc2c3ccc(C)c4ccc5c(C)ccc(c2nc1C#N)c5c43.Cc1nc2c3cccc4c(C)c(C)c5cccc(c2nc1C#N)c5c43. The van der Waals surface area contributed by atoms with E-state index in [2.05, 4.69) is 184 Å². The Morgan fingerprint density at radius 2 is 0.600 bits per heavy atom. The summed E-state index contributed by atoms with van der Waals surface area (Å²) < 4.78 is 0. The molecule has 3 heterocycles. The van der Waals surface area contributed by atoms with Gasteiger partial charge >= 0.3 is 0 Å². The maximum absolute atomic E-state index is 9.41. The molecule has 0 unspecified atom stereocenters. The Morgan fingerprint density at radius 1 is 0.293 bits per heavy atom. The van der Waals surface area contributed by atoms with E-state index in [-0.39, 0.29) is 0 Å². The molecular weight excluding hydrogens is 919 g/mol. The number of fused-ring (bicyclic) bond motifs is 9. The molecule has 15 aromatic rings. The fourth-order valence-electron chi connectivity index (χ4n) is 12.0. The molecule has 0 bridgehead atoms. The maximum atomic E-state index is 9.41. The van der Waals surface area contributed by atoms with Gasteiger partial charge in [0, 0.05) is 32.3 Å². The highest BCUT2D eigenvalue weighted by Gasteiger charge is 2.22. The highest BCUT2D eigenvalue weighted by atomic mass is 14.8. The summed E-state index contributed by atoms with van der Waals surface area (Å²) in [7, 11) is 0. The van der Waals surface area contributed by atoms with Gasteiger partial charge in [-0.3, -0.25) is 0 Å². The molecule has 0 N–H and O–H groups in total. The first-order valence-corrected chi connectivity index (χ1v) is 25.0. The smallest absolute Gasteiger partial charge is 0.162 e. The van der Waals surface area contributed by atoms with Crippen LogP contribution in [-0.2, 0) is 0 Å². The van der Waals surface area contributed by atoms with Gasteiger partial charge in [-0.15, -0.1) is 0 Å². The Kier molecular flexibility index (Phi) is 9.86. The van der Waals surface area contributed by atoms with Crippen LogP contribution in [0.1, 0.15) is 67.5 Å². The molecule has 0 aliphatic carbocycles. The second-order valence-electron chi connectivity index (χ2n) is 20.3. The van der Waals surface area contributed by atoms with Crippen molar-refractivity contribution in [2.75, 3.05) is 0 Å². The Hall–Kier alpha value is -9.75. The number of rotatable bonds is 0. The standard InChI is InChI=1S/3C22H15N3/c1-11-4-6-16-19-14(11)8-9-15-12(2)5-7-17(20(15)19)22-21(16)24-13(3)18(10-23)25-22;1-11-12(2)15-7-5-9-17-20(15)19-14(11)6-4-8-16(19)21-22(17)25-18(10-23)13(3)24-21;1-11-6-14-4-5-15-7-12(2)9-17-20(15)19(14)16(8-11)21-22(17)25-18(10-23)13(3)24-21/h3*4-9H,1-3H3. The summed E-state index contributed by atoms with van der Waals surface area (Å²) in [6.07, 6.45) is 0. The number of nitriles is 3. The Morgan fingerprint density at radius 3 is 0.987 bits per heavy atom. The normalized spacial score (nSPS) is 11.8. The van der Waals surface area contributed by atoms with Crippen molar-refractivity contribution >= 4 is 130 Å². The zero-order chi connectivity index (χ0) is 51.9. The van der Waals surface area contributed by atoms with Gasteiger partial charge in [0.2, 0.25) is 0 Å². The fourth-order valence-corrected chi connectivity index (χ4v) is 12.0. The van der Waals surface area contributed by atoms with E-state index in [9.17, 15) is 15.8 Å². The van der Waals surface area contributed by atoms with Gasteiger partial charge in [0.15, 0.2) is 17.1 Å². The van der Waals surface area contributed by atoms with Crippen molar-refractivity contribution in [2.45, 2.75) is 62.3 Å².